The molecule has 0 aromatic carbocycles. The summed E-state index contributed by atoms with van der Waals surface area (Å²) >= 11 is 6.13. The van der Waals surface area contributed by atoms with Crippen LogP contribution in [0.1, 0.15) is 31.0 Å². The van der Waals surface area contributed by atoms with Crippen LogP contribution in [0.5, 0.6) is 0 Å². The third-order valence-electron chi connectivity index (χ3n) is 3.32. The van der Waals surface area contributed by atoms with E-state index in [1.165, 1.54) is 5.56 Å². The number of halogens is 1. The van der Waals surface area contributed by atoms with Gasteiger partial charge in [-0.05, 0) is 36.2 Å². The summed E-state index contributed by atoms with van der Waals surface area (Å²) in [7, 11) is 2.00. The molecular formula is C15H20ClN3. The number of pyridine rings is 1. The molecule has 0 radical (unpaired) electrons. The molecule has 1 unspecified atom stereocenters. The second-order valence-corrected chi connectivity index (χ2v) is 5.50. The van der Waals surface area contributed by atoms with E-state index in [4.69, 9.17) is 11.6 Å². The monoisotopic (exact) mass is 277 g/mol. The standard InChI is InChI=1S/C15H20ClN3/c1-11(2)15(17-3)13-5-7-19(10-13)9-12-4-6-18-8-14(12)16/h4-8,10-11,15,17H,9H2,1-3H3. The lowest BCUT2D eigenvalue weighted by Gasteiger charge is -2.18. The quantitative estimate of drug-likeness (QED) is 0.906. The Kier molecular flexibility index (Phi) is 4.61. The molecule has 0 aliphatic heterocycles. The number of rotatable bonds is 5. The van der Waals surface area contributed by atoms with E-state index in [1.807, 2.05) is 13.1 Å². The summed E-state index contributed by atoms with van der Waals surface area (Å²) < 4.78 is 2.16. The molecule has 2 aromatic rings. The Labute approximate surface area is 119 Å². The first kappa shape index (κ1) is 14.1. The van der Waals surface area contributed by atoms with Crippen molar-refractivity contribution in [2.24, 2.45) is 5.92 Å². The van der Waals surface area contributed by atoms with Gasteiger partial charge in [0.05, 0.1) is 5.02 Å². The van der Waals surface area contributed by atoms with E-state index in [0.717, 1.165) is 12.1 Å². The molecular weight excluding hydrogens is 258 g/mol. The second-order valence-electron chi connectivity index (χ2n) is 5.09. The topological polar surface area (TPSA) is 29.9 Å². The lowest BCUT2D eigenvalue weighted by molar-refractivity contribution is 0.443. The molecule has 3 nitrogen and oxygen atoms in total. The zero-order chi connectivity index (χ0) is 13.8. The molecule has 1 atom stereocenters. The van der Waals surface area contributed by atoms with Gasteiger partial charge >= 0.3 is 0 Å². The summed E-state index contributed by atoms with van der Waals surface area (Å²) in [6.07, 6.45) is 7.73. The molecule has 0 aliphatic rings. The van der Waals surface area contributed by atoms with Crippen molar-refractivity contribution in [3.05, 3.63) is 53.1 Å². The average Bonchev–Trinajstić information content (AvgIpc) is 2.81. The average molecular weight is 278 g/mol. The molecule has 102 valence electrons. The van der Waals surface area contributed by atoms with Crippen LogP contribution < -0.4 is 5.32 Å². The second kappa shape index (κ2) is 6.22. The van der Waals surface area contributed by atoms with Crippen molar-refractivity contribution in [3.63, 3.8) is 0 Å². The number of hydrogen-bond acceptors (Lipinski definition) is 2. The molecule has 0 saturated carbocycles. The smallest absolute Gasteiger partial charge is 0.0639 e. The van der Waals surface area contributed by atoms with Gasteiger partial charge in [0, 0.05) is 37.4 Å². The Bertz CT molecular complexity index is 534. The highest BCUT2D eigenvalue weighted by atomic mass is 35.5. The molecule has 0 bridgehead atoms. The van der Waals surface area contributed by atoms with Gasteiger partial charge in [-0.15, -0.1) is 0 Å². The van der Waals surface area contributed by atoms with Crippen LogP contribution in [0.4, 0.5) is 0 Å². The Morgan fingerprint density at radius 1 is 1.37 bits per heavy atom. The summed E-state index contributed by atoms with van der Waals surface area (Å²) in [5.74, 6) is 0.561. The van der Waals surface area contributed by atoms with Gasteiger partial charge in [-0.3, -0.25) is 4.98 Å². The van der Waals surface area contributed by atoms with Crippen molar-refractivity contribution in [2.75, 3.05) is 7.05 Å². The van der Waals surface area contributed by atoms with Crippen LogP contribution in [0.25, 0.3) is 0 Å². The fourth-order valence-electron chi connectivity index (χ4n) is 2.36. The largest absolute Gasteiger partial charge is 0.350 e. The molecule has 2 heterocycles. The van der Waals surface area contributed by atoms with Gasteiger partial charge in [0.2, 0.25) is 0 Å². The maximum Gasteiger partial charge on any atom is 0.0639 e. The zero-order valence-electron chi connectivity index (χ0n) is 11.6. The molecule has 19 heavy (non-hydrogen) atoms. The van der Waals surface area contributed by atoms with Crippen LogP contribution >= 0.6 is 11.6 Å². The van der Waals surface area contributed by atoms with Crippen LogP contribution in [0.2, 0.25) is 5.02 Å². The lowest BCUT2D eigenvalue weighted by atomic mass is 9.99. The third kappa shape index (κ3) is 3.37. The predicted molar refractivity (Wildman–Crippen MR) is 79.4 cm³/mol. The van der Waals surface area contributed by atoms with Gasteiger partial charge in [-0.1, -0.05) is 25.4 Å². The van der Waals surface area contributed by atoms with Gasteiger partial charge in [-0.25, -0.2) is 0 Å². The highest BCUT2D eigenvalue weighted by molar-refractivity contribution is 6.31. The summed E-state index contributed by atoms with van der Waals surface area (Å²) in [6, 6.07) is 4.50. The van der Waals surface area contributed by atoms with E-state index in [1.54, 1.807) is 12.4 Å². The fraction of sp³-hybridized carbons (Fsp3) is 0.400. The third-order valence-corrected chi connectivity index (χ3v) is 3.66. The van der Waals surface area contributed by atoms with Crippen molar-refractivity contribution in [2.45, 2.75) is 26.4 Å². The van der Waals surface area contributed by atoms with E-state index in [-0.39, 0.29) is 0 Å². The van der Waals surface area contributed by atoms with Gasteiger partial charge in [0.15, 0.2) is 0 Å². The van der Waals surface area contributed by atoms with E-state index in [2.05, 4.69) is 47.2 Å². The van der Waals surface area contributed by atoms with Crippen LogP contribution in [-0.2, 0) is 6.54 Å². The van der Waals surface area contributed by atoms with Crippen LogP contribution in [0.15, 0.2) is 36.9 Å². The van der Waals surface area contributed by atoms with Crippen LogP contribution in [-0.4, -0.2) is 16.6 Å². The molecule has 0 aliphatic carbocycles. The number of hydrogen-bond donors (Lipinski definition) is 1. The van der Waals surface area contributed by atoms with Gasteiger partial charge in [0.25, 0.3) is 0 Å². The molecule has 2 rings (SSSR count). The molecule has 1 N–H and O–H groups in total. The van der Waals surface area contributed by atoms with E-state index in [9.17, 15) is 0 Å². The lowest BCUT2D eigenvalue weighted by Crippen LogP contribution is -2.21. The first-order valence-electron chi connectivity index (χ1n) is 6.53. The minimum absolute atomic E-state index is 0.383. The van der Waals surface area contributed by atoms with Gasteiger partial charge in [-0.2, -0.15) is 0 Å². The van der Waals surface area contributed by atoms with Crippen LogP contribution in [0, 0.1) is 5.92 Å². The first-order chi connectivity index (χ1) is 9.11. The minimum Gasteiger partial charge on any atom is -0.350 e. The van der Waals surface area contributed by atoms with E-state index in [0.29, 0.717) is 17.0 Å². The maximum atomic E-state index is 6.13. The Balaban J connectivity index is 2.16. The van der Waals surface area contributed by atoms with Crippen molar-refractivity contribution >= 4 is 11.6 Å². The van der Waals surface area contributed by atoms with Crippen molar-refractivity contribution < 1.29 is 0 Å². The first-order valence-corrected chi connectivity index (χ1v) is 6.91. The Morgan fingerprint density at radius 3 is 2.79 bits per heavy atom. The normalized spacial score (nSPS) is 12.9. The highest BCUT2D eigenvalue weighted by Gasteiger charge is 2.14. The van der Waals surface area contributed by atoms with E-state index >= 15 is 0 Å². The number of aromatic nitrogens is 2. The molecule has 0 amide bonds. The Morgan fingerprint density at radius 2 is 2.16 bits per heavy atom. The van der Waals surface area contributed by atoms with Crippen LogP contribution in [0.3, 0.4) is 0 Å². The zero-order valence-corrected chi connectivity index (χ0v) is 12.4. The molecule has 0 fully saturated rings. The van der Waals surface area contributed by atoms with E-state index < -0.39 is 0 Å². The summed E-state index contributed by atoms with van der Waals surface area (Å²) in [4.78, 5) is 4.01. The highest BCUT2D eigenvalue weighted by Crippen LogP contribution is 2.22. The number of nitrogens with one attached hydrogen (secondary N) is 1. The maximum absolute atomic E-state index is 6.13. The molecule has 4 heteroatoms. The predicted octanol–water partition coefficient (Wildman–Crippen LogP) is 3.50. The molecule has 0 spiro atoms. The SMILES string of the molecule is CNC(c1ccn(Cc2ccncc2Cl)c1)C(C)C. The summed E-state index contributed by atoms with van der Waals surface area (Å²) in [6.45, 7) is 5.21. The van der Waals surface area contributed by atoms with Crippen molar-refractivity contribution in [3.8, 4) is 0 Å². The summed E-state index contributed by atoms with van der Waals surface area (Å²) in [5, 5.41) is 4.07. The summed E-state index contributed by atoms with van der Waals surface area (Å²) in [5.41, 5.74) is 2.40. The van der Waals surface area contributed by atoms with Gasteiger partial charge in [0.1, 0.15) is 0 Å². The van der Waals surface area contributed by atoms with Gasteiger partial charge < -0.3 is 9.88 Å². The molecule has 2 aromatic heterocycles. The van der Waals surface area contributed by atoms with Crippen molar-refractivity contribution in [1.29, 1.82) is 0 Å². The van der Waals surface area contributed by atoms with Crippen molar-refractivity contribution in [1.82, 2.24) is 14.9 Å². The Hall–Kier alpha value is -1.32. The number of nitrogens with zero attached hydrogens (tertiary/aromatic N) is 2. The fourth-order valence-corrected chi connectivity index (χ4v) is 2.53. The minimum atomic E-state index is 0.383. The molecule has 0 saturated heterocycles.